The molecule has 0 aliphatic heterocycles. The lowest BCUT2D eigenvalue weighted by Gasteiger charge is -2.10. The monoisotopic (exact) mass is 278 g/mol. The van der Waals surface area contributed by atoms with Crippen molar-refractivity contribution in [2.75, 3.05) is 11.9 Å². The number of carboxylic acid groups (broad SMARTS) is 1. The first-order chi connectivity index (χ1) is 9.38. The van der Waals surface area contributed by atoms with Crippen molar-refractivity contribution in [1.82, 2.24) is 5.32 Å². The summed E-state index contributed by atoms with van der Waals surface area (Å²) in [7, 11) is 0. The Morgan fingerprint density at radius 2 is 1.80 bits per heavy atom. The van der Waals surface area contributed by atoms with Crippen molar-refractivity contribution < 1.29 is 19.5 Å². The lowest BCUT2D eigenvalue weighted by molar-refractivity contribution is -0.137. The SMILES string of the molecule is CC(=O)Nc1ccc(C(=O)NCC(C)CC(=O)O)cc1. The van der Waals surface area contributed by atoms with E-state index >= 15 is 0 Å². The number of carboxylic acids is 1. The summed E-state index contributed by atoms with van der Waals surface area (Å²) in [5, 5.41) is 13.9. The van der Waals surface area contributed by atoms with Gasteiger partial charge in [0.05, 0.1) is 0 Å². The number of hydrogen-bond donors (Lipinski definition) is 3. The average molecular weight is 278 g/mol. The van der Waals surface area contributed by atoms with Gasteiger partial charge in [0.25, 0.3) is 5.91 Å². The van der Waals surface area contributed by atoms with Crippen LogP contribution in [0.3, 0.4) is 0 Å². The molecule has 1 aromatic rings. The molecule has 0 saturated carbocycles. The first-order valence-corrected chi connectivity index (χ1v) is 6.26. The van der Waals surface area contributed by atoms with E-state index in [2.05, 4.69) is 10.6 Å². The topological polar surface area (TPSA) is 95.5 Å². The van der Waals surface area contributed by atoms with Gasteiger partial charge in [-0.15, -0.1) is 0 Å². The second-order valence-corrected chi connectivity index (χ2v) is 4.67. The highest BCUT2D eigenvalue weighted by atomic mass is 16.4. The molecule has 20 heavy (non-hydrogen) atoms. The van der Waals surface area contributed by atoms with Crippen molar-refractivity contribution in [3.63, 3.8) is 0 Å². The summed E-state index contributed by atoms with van der Waals surface area (Å²) in [4.78, 5) is 33.2. The lowest BCUT2D eigenvalue weighted by Crippen LogP contribution is -2.29. The van der Waals surface area contributed by atoms with Crippen molar-refractivity contribution in [2.45, 2.75) is 20.3 Å². The largest absolute Gasteiger partial charge is 0.481 e. The molecule has 0 aliphatic carbocycles. The van der Waals surface area contributed by atoms with Gasteiger partial charge in [-0.3, -0.25) is 14.4 Å². The van der Waals surface area contributed by atoms with Crippen molar-refractivity contribution in [1.29, 1.82) is 0 Å². The Labute approximate surface area is 117 Å². The van der Waals surface area contributed by atoms with E-state index in [0.717, 1.165) is 0 Å². The molecule has 1 unspecified atom stereocenters. The van der Waals surface area contributed by atoms with Gasteiger partial charge >= 0.3 is 5.97 Å². The second kappa shape index (κ2) is 7.28. The van der Waals surface area contributed by atoms with Gasteiger partial charge in [0, 0.05) is 31.1 Å². The van der Waals surface area contributed by atoms with Gasteiger partial charge in [-0.25, -0.2) is 0 Å². The van der Waals surface area contributed by atoms with Crippen LogP contribution in [0.1, 0.15) is 30.6 Å². The van der Waals surface area contributed by atoms with E-state index in [1.807, 2.05) is 0 Å². The minimum atomic E-state index is -0.883. The van der Waals surface area contributed by atoms with Crippen LogP contribution < -0.4 is 10.6 Å². The Morgan fingerprint density at radius 1 is 1.20 bits per heavy atom. The van der Waals surface area contributed by atoms with Crippen molar-refractivity contribution >= 4 is 23.5 Å². The molecule has 1 atom stereocenters. The highest BCUT2D eigenvalue weighted by molar-refractivity contribution is 5.95. The summed E-state index contributed by atoms with van der Waals surface area (Å²) in [6, 6.07) is 6.47. The maximum absolute atomic E-state index is 11.8. The van der Waals surface area contributed by atoms with Crippen LogP contribution in [0.25, 0.3) is 0 Å². The molecule has 0 spiro atoms. The van der Waals surface area contributed by atoms with E-state index in [1.165, 1.54) is 6.92 Å². The van der Waals surface area contributed by atoms with Crippen LogP contribution in [-0.4, -0.2) is 29.4 Å². The van der Waals surface area contributed by atoms with Gasteiger partial charge in [-0.1, -0.05) is 6.92 Å². The number of amides is 2. The summed E-state index contributed by atoms with van der Waals surface area (Å²) in [5.74, 6) is -1.46. The van der Waals surface area contributed by atoms with Gasteiger partial charge in [0.15, 0.2) is 0 Å². The highest BCUT2D eigenvalue weighted by Gasteiger charge is 2.10. The molecule has 1 aromatic carbocycles. The fourth-order valence-electron chi connectivity index (χ4n) is 1.65. The molecule has 0 radical (unpaired) electrons. The molecule has 3 N–H and O–H groups in total. The molecule has 1 rings (SSSR count). The van der Waals surface area contributed by atoms with Crippen LogP contribution in [0.15, 0.2) is 24.3 Å². The number of carbonyl (C=O) groups excluding carboxylic acids is 2. The van der Waals surface area contributed by atoms with E-state index in [9.17, 15) is 14.4 Å². The number of hydrogen-bond acceptors (Lipinski definition) is 3. The predicted molar refractivity (Wildman–Crippen MR) is 74.5 cm³/mol. The Morgan fingerprint density at radius 3 is 2.30 bits per heavy atom. The third kappa shape index (κ3) is 5.51. The predicted octanol–water partition coefficient (Wildman–Crippen LogP) is 1.49. The van der Waals surface area contributed by atoms with Crippen molar-refractivity contribution in [3.8, 4) is 0 Å². The maximum Gasteiger partial charge on any atom is 0.303 e. The van der Waals surface area contributed by atoms with Crippen LogP contribution >= 0.6 is 0 Å². The molecule has 0 heterocycles. The summed E-state index contributed by atoms with van der Waals surface area (Å²) >= 11 is 0. The average Bonchev–Trinajstić information content (AvgIpc) is 2.35. The number of rotatable bonds is 6. The quantitative estimate of drug-likeness (QED) is 0.734. The molecular formula is C14H18N2O4. The summed E-state index contributed by atoms with van der Waals surface area (Å²) < 4.78 is 0. The Kier molecular flexibility index (Phi) is 5.71. The maximum atomic E-state index is 11.8. The first-order valence-electron chi connectivity index (χ1n) is 6.26. The third-order valence-electron chi connectivity index (χ3n) is 2.60. The Hall–Kier alpha value is -2.37. The summed E-state index contributed by atoms with van der Waals surface area (Å²) in [6.45, 7) is 3.47. The van der Waals surface area contributed by atoms with Crippen LogP contribution in [0.5, 0.6) is 0 Å². The molecular weight excluding hydrogens is 260 g/mol. The first kappa shape index (κ1) is 15.7. The molecule has 6 heteroatoms. The molecule has 0 aromatic heterocycles. The number of nitrogens with one attached hydrogen (secondary N) is 2. The van der Waals surface area contributed by atoms with Gasteiger partial charge < -0.3 is 15.7 Å². The fraction of sp³-hybridized carbons (Fsp3) is 0.357. The molecule has 6 nitrogen and oxygen atoms in total. The van der Waals surface area contributed by atoms with Crippen molar-refractivity contribution in [2.24, 2.45) is 5.92 Å². The fourth-order valence-corrected chi connectivity index (χ4v) is 1.65. The van der Waals surface area contributed by atoms with Gasteiger partial charge in [-0.2, -0.15) is 0 Å². The van der Waals surface area contributed by atoms with E-state index in [0.29, 0.717) is 17.8 Å². The van der Waals surface area contributed by atoms with Crippen LogP contribution in [-0.2, 0) is 9.59 Å². The normalized spacial score (nSPS) is 11.5. The molecule has 0 aliphatic rings. The second-order valence-electron chi connectivity index (χ2n) is 4.67. The minimum absolute atomic E-state index is 0.0156. The Balaban J connectivity index is 2.51. The summed E-state index contributed by atoms with van der Waals surface area (Å²) in [5.41, 5.74) is 1.08. The zero-order valence-corrected chi connectivity index (χ0v) is 11.5. The molecule has 2 amide bonds. The molecule has 108 valence electrons. The molecule has 0 bridgehead atoms. The van der Waals surface area contributed by atoms with Crippen LogP contribution in [0.2, 0.25) is 0 Å². The Bertz CT molecular complexity index is 496. The number of benzene rings is 1. The highest BCUT2D eigenvalue weighted by Crippen LogP contribution is 2.09. The van der Waals surface area contributed by atoms with Crippen LogP contribution in [0, 0.1) is 5.92 Å². The number of carbonyl (C=O) groups is 3. The molecule has 0 fully saturated rings. The van der Waals surface area contributed by atoms with E-state index in [1.54, 1.807) is 31.2 Å². The number of anilines is 1. The summed E-state index contributed by atoms with van der Waals surface area (Å²) in [6.07, 6.45) is 0.0156. The van der Waals surface area contributed by atoms with E-state index in [4.69, 9.17) is 5.11 Å². The van der Waals surface area contributed by atoms with Gasteiger partial charge in [0.2, 0.25) is 5.91 Å². The lowest BCUT2D eigenvalue weighted by atomic mass is 10.1. The van der Waals surface area contributed by atoms with E-state index in [-0.39, 0.29) is 24.2 Å². The van der Waals surface area contributed by atoms with Crippen LogP contribution in [0.4, 0.5) is 5.69 Å². The van der Waals surface area contributed by atoms with Crippen molar-refractivity contribution in [3.05, 3.63) is 29.8 Å². The van der Waals surface area contributed by atoms with E-state index < -0.39 is 5.97 Å². The molecule has 0 saturated heterocycles. The van der Waals surface area contributed by atoms with Gasteiger partial charge in [-0.05, 0) is 30.2 Å². The van der Waals surface area contributed by atoms with Gasteiger partial charge in [0.1, 0.15) is 0 Å². The number of aliphatic carboxylic acids is 1. The third-order valence-corrected chi connectivity index (χ3v) is 2.60. The smallest absolute Gasteiger partial charge is 0.303 e. The zero-order chi connectivity index (χ0) is 15.1. The standard InChI is InChI=1S/C14H18N2O4/c1-9(7-13(18)19)8-15-14(20)11-3-5-12(6-4-11)16-10(2)17/h3-6,9H,7-8H2,1-2H3,(H,15,20)(H,16,17)(H,18,19). The minimum Gasteiger partial charge on any atom is -0.481 e. The zero-order valence-electron chi connectivity index (χ0n) is 11.5.